The Morgan fingerprint density at radius 1 is 1.06 bits per heavy atom. The van der Waals surface area contributed by atoms with Crippen molar-refractivity contribution in [3.05, 3.63) is 71.6 Å². The lowest BCUT2D eigenvalue weighted by Crippen LogP contribution is -2.58. The van der Waals surface area contributed by atoms with Crippen LogP contribution >= 0.6 is 0 Å². The molecule has 52 heavy (non-hydrogen) atoms. The molecule has 1 aromatic carbocycles. The summed E-state index contributed by atoms with van der Waals surface area (Å²) < 4.78 is 47.9. The van der Waals surface area contributed by atoms with E-state index in [1.54, 1.807) is 12.1 Å². The minimum absolute atomic E-state index is 0.00391. The highest BCUT2D eigenvalue weighted by Gasteiger charge is 2.62. The van der Waals surface area contributed by atoms with Gasteiger partial charge in [-0.25, -0.2) is 22.6 Å². The molecule has 0 bridgehead atoms. The molecule has 3 fully saturated rings. The van der Waals surface area contributed by atoms with Gasteiger partial charge >= 0.3 is 6.09 Å². The molecule has 5 amide bonds. The molecule has 2 saturated carbocycles. The first kappa shape index (κ1) is 35.5. The Balaban J connectivity index is 1.14. The molecule has 3 N–H and O–H groups in total. The number of rotatable bonds is 6. The SMILES string of the molecule is O=C(N[C@H]1CCCCC/C=C\[C@H]2C[C@@]2(C(=O)NS(=O)(=O)C2CC2)NC(=O)C2C[C@@H](OC(=O)N3Cc4cccc(F)c4C3)CN2C1=O)c1cnccn1. The Morgan fingerprint density at radius 2 is 1.88 bits per heavy atom. The predicted molar refractivity (Wildman–Crippen MR) is 181 cm³/mol. The van der Waals surface area contributed by atoms with Crippen LogP contribution in [0, 0.1) is 11.7 Å². The number of amides is 5. The van der Waals surface area contributed by atoms with E-state index >= 15 is 0 Å². The molecule has 17 heteroatoms. The maximum absolute atomic E-state index is 14.4. The van der Waals surface area contributed by atoms with Crippen molar-refractivity contribution in [2.75, 3.05) is 6.54 Å². The van der Waals surface area contributed by atoms with Crippen LogP contribution in [0.25, 0.3) is 0 Å². The molecule has 7 rings (SSSR count). The van der Waals surface area contributed by atoms with Gasteiger partial charge in [-0.3, -0.25) is 33.8 Å². The first-order chi connectivity index (χ1) is 24.9. The molecule has 1 aromatic heterocycles. The lowest BCUT2D eigenvalue weighted by atomic mass is 10.0. The monoisotopic (exact) mass is 737 g/mol. The van der Waals surface area contributed by atoms with Crippen LogP contribution in [0.15, 0.2) is 48.9 Å². The number of sulfonamides is 1. The Morgan fingerprint density at radius 3 is 2.63 bits per heavy atom. The van der Waals surface area contributed by atoms with Crippen molar-refractivity contribution in [2.45, 2.75) is 99.9 Å². The zero-order valence-electron chi connectivity index (χ0n) is 28.3. The second kappa shape index (κ2) is 14.2. The van der Waals surface area contributed by atoms with Gasteiger partial charge in [0.25, 0.3) is 11.8 Å². The van der Waals surface area contributed by atoms with Crippen LogP contribution in [-0.4, -0.2) is 93.4 Å². The topological polar surface area (TPSA) is 197 Å². The van der Waals surface area contributed by atoms with Crippen molar-refractivity contribution < 1.29 is 41.5 Å². The fourth-order valence-corrected chi connectivity index (χ4v) is 8.59. The van der Waals surface area contributed by atoms with E-state index in [2.05, 4.69) is 25.3 Å². The summed E-state index contributed by atoms with van der Waals surface area (Å²) in [4.78, 5) is 79.2. The second-order valence-corrected chi connectivity index (χ2v) is 16.1. The van der Waals surface area contributed by atoms with Gasteiger partial charge in [0.15, 0.2) is 0 Å². The van der Waals surface area contributed by atoms with Crippen molar-refractivity contribution in [3.8, 4) is 0 Å². The standard InChI is InChI=1S/C35H40FN7O8S/c36-26-9-6-7-21-18-42(20-25(21)26)34(48)51-23-15-29-31(45)40-35(33(47)41-52(49,50)24-11-12-24)16-22(35)8-4-2-1-3-5-10-27(32(46)43(29)19-23)39-30(44)28-17-37-13-14-38-28/h4,6-9,13-14,17,22-24,27,29H,1-3,5,10-12,15-16,18-20H2,(H,39,44)(H,40,45)(H,41,47)/b8-4-/t22-,23+,27-,29?,35+/m0/s1. The lowest BCUT2D eigenvalue weighted by Gasteiger charge is -2.29. The molecule has 1 unspecified atom stereocenters. The van der Waals surface area contributed by atoms with E-state index < -0.39 is 80.5 Å². The molecule has 276 valence electrons. The van der Waals surface area contributed by atoms with E-state index in [1.807, 2.05) is 12.2 Å². The highest BCUT2D eigenvalue weighted by Crippen LogP contribution is 2.46. The predicted octanol–water partition coefficient (Wildman–Crippen LogP) is 1.84. The first-order valence-corrected chi connectivity index (χ1v) is 19.1. The first-order valence-electron chi connectivity index (χ1n) is 17.6. The van der Waals surface area contributed by atoms with E-state index in [0.717, 1.165) is 6.42 Å². The fraction of sp³-hybridized carbons (Fsp3) is 0.514. The minimum atomic E-state index is -3.93. The Kier molecular flexibility index (Phi) is 9.71. The van der Waals surface area contributed by atoms with Crippen LogP contribution in [-0.2, 0) is 42.2 Å². The Labute approximate surface area is 299 Å². The summed E-state index contributed by atoms with van der Waals surface area (Å²) in [5, 5.41) is 4.86. The summed E-state index contributed by atoms with van der Waals surface area (Å²) in [5.41, 5.74) is -0.539. The number of ether oxygens (including phenoxy) is 1. The van der Waals surface area contributed by atoms with Crippen LogP contribution in [0.3, 0.4) is 0 Å². The van der Waals surface area contributed by atoms with Crippen LogP contribution in [0.4, 0.5) is 9.18 Å². The molecule has 2 aliphatic carbocycles. The van der Waals surface area contributed by atoms with E-state index in [0.29, 0.717) is 43.2 Å². The third-order valence-electron chi connectivity index (χ3n) is 10.4. The van der Waals surface area contributed by atoms with Gasteiger partial charge in [-0.15, -0.1) is 0 Å². The van der Waals surface area contributed by atoms with E-state index in [4.69, 9.17) is 4.74 Å². The van der Waals surface area contributed by atoms with Gasteiger partial charge < -0.3 is 20.3 Å². The molecule has 5 aliphatic rings. The van der Waals surface area contributed by atoms with Crippen LogP contribution < -0.4 is 15.4 Å². The normalized spacial score (nSPS) is 28.2. The van der Waals surface area contributed by atoms with Gasteiger partial charge in [0.2, 0.25) is 21.8 Å². The van der Waals surface area contributed by atoms with Crippen molar-refractivity contribution in [1.82, 2.24) is 35.1 Å². The van der Waals surface area contributed by atoms with Crippen LogP contribution in [0.1, 0.15) is 79.4 Å². The fourth-order valence-electron chi connectivity index (χ4n) is 7.22. The van der Waals surface area contributed by atoms with Crippen LogP contribution in [0.2, 0.25) is 0 Å². The average Bonchev–Trinajstić information content (AvgIpc) is 4.01. The Bertz CT molecular complexity index is 1910. The molecule has 5 atom stereocenters. The highest BCUT2D eigenvalue weighted by molar-refractivity contribution is 7.91. The van der Waals surface area contributed by atoms with Gasteiger partial charge in [-0.05, 0) is 50.2 Å². The number of nitrogens with zero attached hydrogens (tertiary/aromatic N) is 4. The maximum atomic E-state index is 14.4. The highest BCUT2D eigenvalue weighted by atomic mass is 32.2. The summed E-state index contributed by atoms with van der Waals surface area (Å²) in [6.07, 6.45) is 9.85. The molecule has 3 aliphatic heterocycles. The van der Waals surface area contributed by atoms with Gasteiger partial charge in [-0.1, -0.05) is 37.1 Å². The van der Waals surface area contributed by atoms with Crippen molar-refractivity contribution >= 4 is 39.7 Å². The number of nitrogens with one attached hydrogen (secondary N) is 3. The number of fused-ring (bicyclic) bond motifs is 3. The maximum Gasteiger partial charge on any atom is 0.410 e. The molecule has 15 nitrogen and oxygen atoms in total. The molecule has 0 radical (unpaired) electrons. The van der Waals surface area contributed by atoms with Crippen LogP contribution in [0.5, 0.6) is 0 Å². The van der Waals surface area contributed by atoms with E-state index in [-0.39, 0.29) is 44.6 Å². The lowest BCUT2D eigenvalue weighted by molar-refractivity contribution is -0.141. The summed E-state index contributed by atoms with van der Waals surface area (Å²) in [7, 11) is -3.93. The molecule has 1 saturated heterocycles. The number of carbonyl (C=O) groups excluding carboxylic acids is 5. The molecule has 2 aromatic rings. The van der Waals surface area contributed by atoms with Gasteiger partial charge in [0, 0.05) is 36.8 Å². The summed E-state index contributed by atoms with van der Waals surface area (Å²) in [5.74, 6) is -3.72. The molecule has 4 heterocycles. The summed E-state index contributed by atoms with van der Waals surface area (Å²) in [6.45, 7) is -0.0845. The van der Waals surface area contributed by atoms with Crippen molar-refractivity contribution in [2.24, 2.45) is 5.92 Å². The minimum Gasteiger partial charge on any atom is -0.444 e. The number of halogens is 1. The number of hydrogen-bond acceptors (Lipinski definition) is 10. The molecular formula is C35H40FN7O8S. The summed E-state index contributed by atoms with van der Waals surface area (Å²) in [6, 6.07) is 2.27. The number of carbonyl (C=O) groups is 5. The number of benzene rings is 1. The second-order valence-electron chi connectivity index (χ2n) is 14.1. The van der Waals surface area contributed by atoms with E-state index in [1.165, 1.54) is 34.5 Å². The zero-order valence-corrected chi connectivity index (χ0v) is 29.1. The zero-order chi connectivity index (χ0) is 36.6. The van der Waals surface area contributed by atoms with Gasteiger partial charge in [0.05, 0.1) is 24.5 Å². The van der Waals surface area contributed by atoms with E-state index in [9.17, 15) is 36.8 Å². The van der Waals surface area contributed by atoms with Crippen molar-refractivity contribution in [3.63, 3.8) is 0 Å². The third kappa shape index (κ3) is 7.36. The largest absolute Gasteiger partial charge is 0.444 e. The average molecular weight is 738 g/mol. The quantitative estimate of drug-likeness (QED) is 0.368. The number of hydrogen-bond donors (Lipinski definition) is 3. The summed E-state index contributed by atoms with van der Waals surface area (Å²) >= 11 is 0. The third-order valence-corrected chi connectivity index (χ3v) is 12.2. The Hall–Kier alpha value is -4.93. The molecular weight excluding hydrogens is 697 g/mol. The number of aromatic nitrogens is 2. The smallest absolute Gasteiger partial charge is 0.410 e. The van der Waals surface area contributed by atoms with Gasteiger partial charge in [-0.2, -0.15) is 0 Å². The van der Waals surface area contributed by atoms with Crippen molar-refractivity contribution in [1.29, 1.82) is 0 Å². The molecule has 0 spiro atoms. The van der Waals surface area contributed by atoms with Gasteiger partial charge in [0.1, 0.15) is 35.2 Å². The number of allylic oxidation sites excluding steroid dienone is 1.